The predicted octanol–water partition coefficient (Wildman–Crippen LogP) is 2.07. The molecule has 18 heavy (non-hydrogen) atoms. The lowest BCUT2D eigenvalue weighted by molar-refractivity contribution is -0.121. The van der Waals surface area contributed by atoms with Gasteiger partial charge in [0.25, 0.3) is 0 Å². The lowest BCUT2D eigenvalue weighted by Gasteiger charge is -2.28. The van der Waals surface area contributed by atoms with Crippen molar-refractivity contribution in [3.63, 3.8) is 0 Å². The second kappa shape index (κ2) is 6.67. The molecule has 1 heterocycles. The van der Waals surface area contributed by atoms with Crippen molar-refractivity contribution in [2.75, 3.05) is 27.2 Å². The molecule has 0 spiro atoms. The number of ketones is 1. The van der Waals surface area contributed by atoms with Gasteiger partial charge in [-0.1, -0.05) is 0 Å². The van der Waals surface area contributed by atoms with Gasteiger partial charge in [0.1, 0.15) is 5.78 Å². The summed E-state index contributed by atoms with van der Waals surface area (Å²) in [5, 5.41) is 3.35. The van der Waals surface area contributed by atoms with Crippen LogP contribution >= 0.6 is 0 Å². The van der Waals surface area contributed by atoms with Gasteiger partial charge in [0.2, 0.25) is 0 Å². The molecule has 1 N–H and O–H groups in total. The van der Waals surface area contributed by atoms with Crippen molar-refractivity contribution in [3.05, 3.63) is 0 Å². The zero-order valence-electron chi connectivity index (χ0n) is 12.0. The largest absolute Gasteiger partial charge is 0.317 e. The van der Waals surface area contributed by atoms with Gasteiger partial charge in [0, 0.05) is 25.4 Å². The molecule has 0 unspecified atom stereocenters. The Kier molecular flexibility index (Phi) is 5.19. The fourth-order valence-electron chi connectivity index (χ4n) is 3.58. The topological polar surface area (TPSA) is 32.3 Å². The Bertz CT molecular complexity index is 272. The number of hydrogen-bond donors (Lipinski definition) is 1. The quantitative estimate of drug-likeness (QED) is 0.813. The zero-order valence-corrected chi connectivity index (χ0v) is 12.0. The van der Waals surface area contributed by atoms with Crippen molar-refractivity contribution in [1.29, 1.82) is 0 Å². The van der Waals surface area contributed by atoms with Crippen LogP contribution in [0.5, 0.6) is 0 Å². The first-order valence-electron chi connectivity index (χ1n) is 7.55. The fraction of sp³-hybridized carbons (Fsp3) is 0.933. The zero-order chi connectivity index (χ0) is 13.0. The standard InChI is InChI=1S/C15H28N2O/c1-16-14-5-3-12(4-6-14)9-15(18)10-13-7-8-17(2)11-13/h12-14,16H,3-11H2,1-2H3/t12?,13-,14?/m1/s1. The van der Waals surface area contributed by atoms with E-state index in [4.69, 9.17) is 0 Å². The molecular formula is C15H28N2O. The molecule has 104 valence electrons. The number of hydrogen-bond acceptors (Lipinski definition) is 3. The Balaban J connectivity index is 1.65. The van der Waals surface area contributed by atoms with E-state index in [2.05, 4.69) is 17.3 Å². The van der Waals surface area contributed by atoms with Crippen LogP contribution in [0.15, 0.2) is 0 Å². The molecule has 3 nitrogen and oxygen atoms in total. The molecule has 0 bridgehead atoms. The number of nitrogens with one attached hydrogen (secondary N) is 1. The van der Waals surface area contributed by atoms with Gasteiger partial charge in [0.05, 0.1) is 0 Å². The molecule has 1 saturated heterocycles. The van der Waals surface area contributed by atoms with Crippen LogP contribution in [0.4, 0.5) is 0 Å². The van der Waals surface area contributed by atoms with Crippen LogP contribution in [-0.4, -0.2) is 43.9 Å². The van der Waals surface area contributed by atoms with Crippen LogP contribution in [0.3, 0.4) is 0 Å². The molecule has 1 atom stereocenters. The van der Waals surface area contributed by atoms with Crippen molar-refractivity contribution in [3.8, 4) is 0 Å². The van der Waals surface area contributed by atoms with E-state index in [0.717, 1.165) is 19.4 Å². The summed E-state index contributed by atoms with van der Waals surface area (Å²) in [6, 6.07) is 0.694. The molecule has 0 aromatic rings. The van der Waals surface area contributed by atoms with E-state index in [1.54, 1.807) is 0 Å². The van der Waals surface area contributed by atoms with Gasteiger partial charge in [-0.15, -0.1) is 0 Å². The molecule has 2 aliphatic rings. The fourth-order valence-corrected chi connectivity index (χ4v) is 3.58. The van der Waals surface area contributed by atoms with Gasteiger partial charge in [-0.2, -0.15) is 0 Å². The first-order chi connectivity index (χ1) is 8.67. The smallest absolute Gasteiger partial charge is 0.133 e. The van der Waals surface area contributed by atoms with Gasteiger partial charge in [-0.3, -0.25) is 4.79 Å². The number of rotatable bonds is 5. The predicted molar refractivity (Wildman–Crippen MR) is 74.7 cm³/mol. The second-order valence-corrected chi connectivity index (χ2v) is 6.37. The molecule has 2 rings (SSSR count). The van der Waals surface area contributed by atoms with Crippen molar-refractivity contribution in [1.82, 2.24) is 10.2 Å². The molecule has 0 radical (unpaired) electrons. The highest BCUT2D eigenvalue weighted by atomic mass is 16.1. The van der Waals surface area contributed by atoms with Crippen LogP contribution in [0.2, 0.25) is 0 Å². The average molecular weight is 252 g/mol. The van der Waals surface area contributed by atoms with E-state index in [0.29, 0.717) is 23.7 Å². The summed E-state index contributed by atoms with van der Waals surface area (Å²) >= 11 is 0. The maximum absolute atomic E-state index is 12.1. The highest BCUT2D eigenvalue weighted by Gasteiger charge is 2.25. The van der Waals surface area contributed by atoms with Crippen LogP contribution in [0.1, 0.15) is 44.9 Å². The minimum absolute atomic E-state index is 0.517. The van der Waals surface area contributed by atoms with E-state index in [9.17, 15) is 4.79 Å². The lowest BCUT2D eigenvalue weighted by atomic mass is 9.82. The summed E-state index contributed by atoms with van der Waals surface area (Å²) in [6.45, 7) is 2.30. The lowest BCUT2D eigenvalue weighted by Crippen LogP contribution is -2.30. The van der Waals surface area contributed by atoms with Crippen LogP contribution in [0.25, 0.3) is 0 Å². The maximum Gasteiger partial charge on any atom is 0.133 e. The van der Waals surface area contributed by atoms with Crippen LogP contribution in [0, 0.1) is 11.8 Å². The summed E-state index contributed by atoms with van der Waals surface area (Å²) in [4.78, 5) is 14.4. The van der Waals surface area contributed by atoms with E-state index in [1.807, 2.05) is 7.05 Å². The summed E-state index contributed by atoms with van der Waals surface area (Å²) in [7, 11) is 4.20. The normalized spacial score (nSPS) is 33.8. The SMILES string of the molecule is CNC1CCC(CC(=O)C[C@H]2CCN(C)C2)CC1. The summed E-state index contributed by atoms with van der Waals surface area (Å²) in [5.74, 6) is 1.82. The van der Waals surface area contributed by atoms with E-state index >= 15 is 0 Å². The second-order valence-electron chi connectivity index (χ2n) is 6.37. The van der Waals surface area contributed by atoms with Gasteiger partial charge in [0.15, 0.2) is 0 Å². The Labute approximate surface area is 111 Å². The van der Waals surface area contributed by atoms with Crippen LogP contribution in [-0.2, 0) is 4.79 Å². The summed E-state index contributed by atoms with van der Waals surface area (Å²) in [6.07, 6.45) is 7.87. The first-order valence-corrected chi connectivity index (χ1v) is 7.55. The molecule has 0 aromatic carbocycles. The third-order valence-corrected chi connectivity index (χ3v) is 4.78. The van der Waals surface area contributed by atoms with Gasteiger partial charge < -0.3 is 10.2 Å². The van der Waals surface area contributed by atoms with Crippen molar-refractivity contribution >= 4 is 5.78 Å². The van der Waals surface area contributed by atoms with E-state index in [-0.39, 0.29) is 0 Å². The molecule has 0 amide bonds. The number of nitrogens with zero attached hydrogens (tertiary/aromatic N) is 1. The van der Waals surface area contributed by atoms with Gasteiger partial charge in [-0.25, -0.2) is 0 Å². The monoisotopic (exact) mass is 252 g/mol. The third kappa shape index (κ3) is 4.06. The number of carbonyl (C=O) groups is 1. The first kappa shape index (κ1) is 14.0. The number of carbonyl (C=O) groups excluding carboxylic acids is 1. The Hall–Kier alpha value is -0.410. The third-order valence-electron chi connectivity index (χ3n) is 4.78. The minimum atomic E-state index is 0.517. The Morgan fingerprint density at radius 3 is 2.33 bits per heavy atom. The van der Waals surface area contributed by atoms with Gasteiger partial charge in [-0.05, 0) is 64.6 Å². The van der Waals surface area contributed by atoms with Crippen molar-refractivity contribution in [2.45, 2.75) is 51.0 Å². The Morgan fingerprint density at radius 2 is 1.78 bits per heavy atom. The molecule has 1 saturated carbocycles. The molecule has 1 aliphatic heterocycles. The average Bonchev–Trinajstić information content (AvgIpc) is 2.75. The maximum atomic E-state index is 12.1. The molecular weight excluding hydrogens is 224 g/mol. The molecule has 1 aliphatic carbocycles. The van der Waals surface area contributed by atoms with Crippen molar-refractivity contribution < 1.29 is 4.79 Å². The highest BCUT2D eigenvalue weighted by molar-refractivity contribution is 5.78. The van der Waals surface area contributed by atoms with Gasteiger partial charge >= 0.3 is 0 Å². The van der Waals surface area contributed by atoms with E-state index < -0.39 is 0 Å². The summed E-state index contributed by atoms with van der Waals surface area (Å²) in [5.41, 5.74) is 0. The molecule has 2 fully saturated rings. The Morgan fingerprint density at radius 1 is 1.11 bits per heavy atom. The number of likely N-dealkylation sites (tertiary alicyclic amines) is 1. The summed E-state index contributed by atoms with van der Waals surface area (Å²) < 4.78 is 0. The van der Waals surface area contributed by atoms with Crippen LogP contribution < -0.4 is 5.32 Å². The van der Waals surface area contributed by atoms with Crippen molar-refractivity contribution in [2.24, 2.45) is 11.8 Å². The van der Waals surface area contributed by atoms with E-state index in [1.165, 1.54) is 38.6 Å². The minimum Gasteiger partial charge on any atom is -0.317 e. The molecule has 0 aromatic heterocycles. The highest BCUT2D eigenvalue weighted by Crippen LogP contribution is 2.28. The molecule has 3 heteroatoms. The number of Topliss-reactive ketones (excluding diaryl/α,β-unsaturated/α-hetero) is 1.